The fourth-order valence-corrected chi connectivity index (χ4v) is 2.49. The van der Waals surface area contributed by atoms with Gasteiger partial charge in [0.1, 0.15) is 11.4 Å². The van der Waals surface area contributed by atoms with Crippen LogP contribution >= 0.6 is 0 Å². The van der Waals surface area contributed by atoms with Gasteiger partial charge in [-0.3, -0.25) is 4.79 Å². The molecule has 0 atom stereocenters. The Morgan fingerprint density at radius 3 is 2.73 bits per heavy atom. The van der Waals surface area contributed by atoms with Gasteiger partial charge >= 0.3 is 0 Å². The number of aromatic amines is 1. The van der Waals surface area contributed by atoms with Crippen LogP contribution in [0.25, 0.3) is 17.1 Å². The van der Waals surface area contributed by atoms with Crippen LogP contribution in [0.5, 0.6) is 0 Å². The number of benzene rings is 1. The second-order valence-corrected chi connectivity index (χ2v) is 5.54. The first-order valence-corrected chi connectivity index (χ1v) is 7.88. The van der Waals surface area contributed by atoms with Crippen LogP contribution < -0.4 is 11.1 Å². The number of carbonyl (C=O) groups excluding carboxylic acids is 1. The van der Waals surface area contributed by atoms with Gasteiger partial charge in [0.2, 0.25) is 0 Å². The summed E-state index contributed by atoms with van der Waals surface area (Å²) in [4.78, 5) is 23.8. The highest BCUT2D eigenvalue weighted by atomic mass is 16.1. The number of para-hydroxylation sites is 1. The number of nitrogens with two attached hydrogens (primary N) is 1. The van der Waals surface area contributed by atoms with Crippen LogP contribution in [-0.2, 0) is 0 Å². The Morgan fingerprint density at radius 2 is 1.96 bits per heavy atom. The van der Waals surface area contributed by atoms with E-state index >= 15 is 0 Å². The van der Waals surface area contributed by atoms with Crippen molar-refractivity contribution in [1.82, 2.24) is 24.7 Å². The number of hydrogen-bond donors (Lipinski definition) is 3. The first-order chi connectivity index (χ1) is 12.7. The summed E-state index contributed by atoms with van der Waals surface area (Å²) in [6, 6.07) is 14.7. The van der Waals surface area contributed by atoms with Crippen molar-refractivity contribution in [2.75, 3.05) is 11.1 Å². The highest BCUT2D eigenvalue weighted by Gasteiger charge is 2.14. The molecule has 0 unspecified atom stereocenters. The third-order valence-corrected chi connectivity index (χ3v) is 3.77. The predicted molar refractivity (Wildman–Crippen MR) is 97.7 cm³/mol. The molecule has 0 bridgehead atoms. The van der Waals surface area contributed by atoms with Crippen molar-refractivity contribution >= 4 is 17.4 Å². The van der Waals surface area contributed by atoms with E-state index in [4.69, 9.17) is 5.73 Å². The molecule has 0 saturated carbocycles. The van der Waals surface area contributed by atoms with Crippen LogP contribution in [0.2, 0.25) is 0 Å². The summed E-state index contributed by atoms with van der Waals surface area (Å²) in [5, 5.41) is 6.99. The molecule has 4 N–H and O–H groups in total. The van der Waals surface area contributed by atoms with Crippen LogP contribution in [0.3, 0.4) is 0 Å². The Labute approximate surface area is 148 Å². The van der Waals surface area contributed by atoms with Crippen LogP contribution in [-0.4, -0.2) is 30.6 Å². The molecule has 3 heterocycles. The average molecular weight is 345 g/mol. The quantitative estimate of drug-likeness (QED) is 0.526. The molecule has 0 saturated heterocycles. The minimum Gasteiger partial charge on any atom is -0.380 e. The fourth-order valence-electron chi connectivity index (χ4n) is 2.49. The standard InChI is InChI=1S/C18H15N7O/c19-17-16(10-25(24-17)12-5-2-1-3-6-12)23-18(26)14-8-4-7-13(22-14)15-9-20-11-21-15/h1-11H,(H2,19,24)(H,20,21)(H,23,26). The molecule has 1 amide bonds. The average Bonchev–Trinajstić information content (AvgIpc) is 3.33. The molecule has 0 aliphatic heterocycles. The fraction of sp³-hybridized carbons (Fsp3) is 0. The molecule has 0 radical (unpaired) electrons. The monoisotopic (exact) mass is 345 g/mol. The number of nitrogens with one attached hydrogen (secondary N) is 2. The van der Waals surface area contributed by atoms with E-state index in [0.29, 0.717) is 11.4 Å². The predicted octanol–water partition coefficient (Wildman–Crippen LogP) is 2.49. The van der Waals surface area contributed by atoms with Crippen molar-refractivity contribution in [3.05, 3.63) is 72.9 Å². The lowest BCUT2D eigenvalue weighted by Gasteiger charge is -2.04. The smallest absolute Gasteiger partial charge is 0.274 e. The van der Waals surface area contributed by atoms with Crippen molar-refractivity contribution < 1.29 is 4.79 Å². The molecular weight excluding hydrogens is 330 g/mol. The molecule has 128 valence electrons. The lowest BCUT2D eigenvalue weighted by Crippen LogP contribution is -2.14. The van der Waals surface area contributed by atoms with Gasteiger partial charge in [0, 0.05) is 0 Å². The summed E-state index contributed by atoms with van der Waals surface area (Å²) < 4.78 is 1.61. The molecule has 0 spiro atoms. The van der Waals surface area contributed by atoms with Crippen molar-refractivity contribution in [2.45, 2.75) is 0 Å². The Morgan fingerprint density at radius 1 is 1.12 bits per heavy atom. The van der Waals surface area contributed by atoms with Crippen molar-refractivity contribution in [2.24, 2.45) is 0 Å². The summed E-state index contributed by atoms with van der Waals surface area (Å²) in [5.74, 6) is -0.141. The Bertz CT molecular complexity index is 1040. The van der Waals surface area contributed by atoms with Gasteiger partial charge in [0.25, 0.3) is 5.91 Å². The summed E-state index contributed by atoms with van der Waals surface area (Å²) in [6.45, 7) is 0. The lowest BCUT2D eigenvalue weighted by molar-refractivity contribution is 0.102. The van der Waals surface area contributed by atoms with Crippen LogP contribution in [0.15, 0.2) is 67.3 Å². The molecule has 1 aromatic carbocycles. The van der Waals surface area contributed by atoms with E-state index in [2.05, 4.69) is 25.4 Å². The van der Waals surface area contributed by atoms with Gasteiger partial charge < -0.3 is 16.0 Å². The van der Waals surface area contributed by atoms with E-state index < -0.39 is 0 Å². The van der Waals surface area contributed by atoms with Gasteiger partial charge in [0.15, 0.2) is 5.82 Å². The first kappa shape index (κ1) is 15.6. The molecular formula is C18H15N7O. The Balaban J connectivity index is 1.57. The molecule has 8 heteroatoms. The van der Waals surface area contributed by atoms with E-state index in [1.165, 1.54) is 0 Å². The van der Waals surface area contributed by atoms with Crippen molar-refractivity contribution in [3.8, 4) is 17.1 Å². The number of rotatable bonds is 4. The SMILES string of the molecule is Nc1nn(-c2ccccc2)cc1NC(=O)c1cccc(-c2cnc[nH]2)n1. The summed E-state index contributed by atoms with van der Waals surface area (Å²) >= 11 is 0. The molecule has 0 fully saturated rings. The number of anilines is 2. The van der Waals surface area contributed by atoms with Crippen molar-refractivity contribution in [3.63, 3.8) is 0 Å². The zero-order valence-electron chi connectivity index (χ0n) is 13.6. The first-order valence-electron chi connectivity index (χ1n) is 7.88. The second kappa shape index (κ2) is 6.52. The van der Waals surface area contributed by atoms with Gasteiger partial charge in [0.05, 0.1) is 35.8 Å². The van der Waals surface area contributed by atoms with Gasteiger partial charge in [-0.2, -0.15) is 0 Å². The normalized spacial score (nSPS) is 10.6. The second-order valence-electron chi connectivity index (χ2n) is 5.54. The molecule has 0 aliphatic rings. The maximum absolute atomic E-state index is 12.5. The molecule has 3 aromatic heterocycles. The number of hydrogen-bond acceptors (Lipinski definition) is 5. The number of nitrogens with zero attached hydrogens (tertiary/aromatic N) is 4. The van der Waals surface area contributed by atoms with Gasteiger partial charge in [-0.1, -0.05) is 24.3 Å². The maximum atomic E-state index is 12.5. The number of H-pyrrole nitrogens is 1. The van der Waals surface area contributed by atoms with E-state index in [-0.39, 0.29) is 17.4 Å². The van der Waals surface area contributed by atoms with E-state index in [0.717, 1.165) is 11.4 Å². The highest BCUT2D eigenvalue weighted by molar-refractivity contribution is 6.04. The van der Waals surface area contributed by atoms with Crippen molar-refractivity contribution in [1.29, 1.82) is 0 Å². The van der Waals surface area contributed by atoms with Gasteiger partial charge in [-0.15, -0.1) is 5.10 Å². The third kappa shape index (κ3) is 3.03. The maximum Gasteiger partial charge on any atom is 0.274 e. The van der Waals surface area contributed by atoms with Gasteiger partial charge in [-0.25, -0.2) is 14.6 Å². The molecule has 26 heavy (non-hydrogen) atoms. The molecule has 4 aromatic rings. The van der Waals surface area contributed by atoms with E-state index in [1.54, 1.807) is 41.6 Å². The molecule has 4 rings (SSSR count). The largest absolute Gasteiger partial charge is 0.380 e. The van der Waals surface area contributed by atoms with Crippen LogP contribution in [0, 0.1) is 0 Å². The Hall–Kier alpha value is -3.94. The summed E-state index contributed by atoms with van der Waals surface area (Å²) in [6.07, 6.45) is 4.87. The van der Waals surface area contributed by atoms with E-state index in [9.17, 15) is 4.79 Å². The molecule has 8 nitrogen and oxygen atoms in total. The van der Waals surface area contributed by atoms with Gasteiger partial charge in [-0.05, 0) is 24.3 Å². The van der Waals surface area contributed by atoms with E-state index in [1.807, 2.05) is 30.3 Å². The number of amides is 1. The van der Waals surface area contributed by atoms with Crippen LogP contribution in [0.4, 0.5) is 11.5 Å². The minimum absolute atomic E-state index is 0.229. The summed E-state index contributed by atoms with van der Waals surface area (Å²) in [7, 11) is 0. The number of carbonyl (C=O) groups is 1. The number of aromatic nitrogens is 5. The minimum atomic E-state index is -0.370. The lowest BCUT2D eigenvalue weighted by atomic mass is 10.2. The number of pyridine rings is 1. The zero-order valence-corrected chi connectivity index (χ0v) is 13.6. The summed E-state index contributed by atoms with van der Waals surface area (Å²) in [5.41, 5.74) is 8.83. The third-order valence-electron chi connectivity index (χ3n) is 3.77. The molecule has 0 aliphatic carbocycles. The Kier molecular flexibility index (Phi) is 3.91. The number of nitrogen functional groups attached to an aromatic ring is 1. The van der Waals surface area contributed by atoms with Crippen LogP contribution in [0.1, 0.15) is 10.5 Å². The number of imidazole rings is 1. The highest BCUT2D eigenvalue weighted by Crippen LogP contribution is 2.20. The topological polar surface area (TPSA) is 115 Å². The zero-order chi connectivity index (χ0) is 17.9.